The van der Waals surface area contributed by atoms with Crippen molar-refractivity contribution < 1.29 is 4.79 Å². The molecule has 2 fully saturated rings. The van der Waals surface area contributed by atoms with Crippen LogP contribution in [0.1, 0.15) is 25.7 Å². The van der Waals surface area contributed by atoms with E-state index >= 15 is 0 Å². The molecule has 1 heterocycles. The lowest BCUT2D eigenvalue weighted by Gasteiger charge is -2.27. The van der Waals surface area contributed by atoms with Gasteiger partial charge in [-0.1, -0.05) is 19.3 Å². The van der Waals surface area contributed by atoms with Crippen LogP contribution in [0, 0.1) is 5.92 Å². The van der Waals surface area contributed by atoms with Crippen molar-refractivity contribution in [2.75, 3.05) is 39.3 Å². The highest BCUT2D eigenvalue weighted by molar-refractivity contribution is 5.77. The fraction of sp³-hybridized carbons (Fsp3) is 0.917. The smallest absolute Gasteiger partial charge is 0.234 e. The maximum Gasteiger partial charge on any atom is 0.234 e. The van der Waals surface area contributed by atoms with Crippen LogP contribution < -0.4 is 10.6 Å². The van der Waals surface area contributed by atoms with Gasteiger partial charge in [0.15, 0.2) is 0 Å². The summed E-state index contributed by atoms with van der Waals surface area (Å²) in [6, 6.07) is 0. The Morgan fingerprint density at radius 1 is 1.31 bits per heavy atom. The monoisotopic (exact) mass is 225 g/mol. The number of piperazine rings is 1. The number of hydrogen-bond donors (Lipinski definition) is 2. The van der Waals surface area contributed by atoms with E-state index in [1.54, 1.807) is 0 Å². The van der Waals surface area contributed by atoms with Crippen LogP contribution in [0.4, 0.5) is 0 Å². The van der Waals surface area contributed by atoms with Crippen LogP contribution in [0.2, 0.25) is 0 Å². The SMILES string of the molecule is O=C(CN1CCNCC1)NCCC1CCC1. The Kier molecular flexibility index (Phi) is 4.60. The number of nitrogens with zero attached hydrogens (tertiary/aromatic N) is 1. The van der Waals surface area contributed by atoms with Crippen molar-refractivity contribution in [2.24, 2.45) is 5.92 Å². The second kappa shape index (κ2) is 6.21. The number of carbonyl (C=O) groups is 1. The Morgan fingerprint density at radius 2 is 2.06 bits per heavy atom. The summed E-state index contributed by atoms with van der Waals surface area (Å²) in [6.07, 6.45) is 5.30. The van der Waals surface area contributed by atoms with Crippen molar-refractivity contribution in [3.05, 3.63) is 0 Å². The molecule has 2 rings (SSSR count). The van der Waals surface area contributed by atoms with Crippen molar-refractivity contribution >= 4 is 5.91 Å². The molecular formula is C12H23N3O. The van der Waals surface area contributed by atoms with Gasteiger partial charge in [-0.15, -0.1) is 0 Å². The van der Waals surface area contributed by atoms with Crippen molar-refractivity contribution in [1.82, 2.24) is 15.5 Å². The lowest BCUT2D eigenvalue weighted by molar-refractivity contribution is -0.122. The predicted octanol–water partition coefficient (Wildman–Crippen LogP) is 0.198. The van der Waals surface area contributed by atoms with Crippen LogP contribution in [-0.2, 0) is 4.79 Å². The van der Waals surface area contributed by atoms with Crippen LogP contribution in [0.15, 0.2) is 0 Å². The molecule has 0 unspecified atom stereocenters. The Balaban J connectivity index is 1.52. The first-order chi connectivity index (χ1) is 7.84. The molecule has 4 nitrogen and oxygen atoms in total. The van der Waals surface area contributed by atoms with Crippen LogP contribution in [0.25, 0.3) is 0 Å². The van der Waals surface area contributed by atoms with E-state index in [-0.39, 0.29) is 5.91 Å². The van der Waals surface area contributed by atoms with Gasteiger partial charge in [0.2, 0.25) is 5.91 Å². The summed E-state index contributed by atoms with van der Waals surface area (Å²) in [5.41, 5.74) is 0. The molecule has 4 heteroatoms. The lowest BCUT2D eigenvalue weighted by Crippen LogP contribution is -2.47. The van der Waals surface area contributed by atoms with Crippen molar-refractivity contribution in [1.29, 1.82) is 0 Å². The maximum absolute atomic E-state index is 11.6. The van der Waals surface area contributed by atoms with Crippen molar-refractivity contribution in [3.8, 4) is 0 Å². The number of rotatable bonds is 5. The third-order valence-electron chi connectivity index (χ3n) is 3.68. The topological polar surface area (TPSA) is 44.4 Å². The first kappa shape index (κ1) is 11.9. The Hall–Kier alpha value is -0.610. The van der Waals surface area contributed by atoms with E-state index in [9.17, 15) is 4.79 Å². The number of amides is 1. The molecule has 0 aromatic rings. The lowest BCUT2D eigenvalue weighted by atomic mass is 9.83. The van der Waals surface area contributed by atoms with Crippen LogP contribution in [0.5, 0.6) is 0 Å². The van der Waals surface area contributed by atoms with Gasteiger partial charge in [0, 0.05) is 32.7 Å². The average molecular weight is 225 g/mol. The van der Waals surface area contributed by atoms with E-state index < -0.39 is 0 Å². The van der Waals surface area contributed by atoms with Gasteiger partial charge in [-0.2, -0.15) is 0 Å². The summed E-state index contributed by atoms with van der Waals surface area (Å²) in [7, 11) is 0. The molecular weight excluding hydrogens is 202 g/mol. The predicted molar refractivity (Wildman–Crippen MR) is 64.3 cm³/mol. The van der Waals surface area contributed by atoms with E-state index in [0.717, 1.165) is 38.6 Å². The van der Waals surface area contributed by atoms with Gasteiger partial charge in [-0.25, -0.2) is 0 Å². The first-order valence-electron chi connectivity index (χ1n) is 6.54. The summed E-state index contributed by atoms with van der Waals surface area (Å²) in [4.78, 5) is 13.8. The number of hydrogen-bond acceptors (Lipinski definition) is 3. The van der Waals surface area contributed by atoms with Gasteiger partial charge >= 0.3 is 0 Å². The van der Waals surface area contributed by atoms with Crippen LogP contribution >= 0.6 is 0 Å². The fourth-order valence-electron chi connectivity index (χ4n) is 2.33. The molecule has 92 valence electrons. The third-order valence-corrected chi connectivity index (χ3v) is 3.68. The zero-order valence-corrected chi connectivity index (χ0v) is 10.0. The Bertz CT molecular complexity index is 222. The molecule has 0 spiro atoms. The van der Waals surface area contributed by atoms with Crippen LogP contribution in [-0.4, -0.2) is 50.1 Å². The van der Waals surface area contributed by atoms with Crippen LogP contribution in [0.3, 0.4) is 0 Å². The molecule has 16 heavy (non-hydrogen) atoms. The fourth-order valence-corrected chi connectivity index (χ4v) is 2.33. The molecule has 1 aliphatic heterocycles. The molecule has 0 aromatic carbocycles. The average Bonchev–Trinajstić information content (AvgIpc) is 2.23. The second-order valence-corrected chi connectivity index (χ2v) is 4.96. The largest absolute Gasteiger partial charge is 0.355 e. The third kappa shape index (κ3) is 3.76. The van der Waals surface area contributed by atoms with Gasteiger partial charge in [0.1, 0.15) is 0 Å². The zero-order valence-electron chi connectivity index (χ0n) is 10.0. The van der Waals surface area contributed by atoms with Gasteiger partial charge in [0.05, 0.1) is 6.54 Å². The van der Waals surface area contributed by atoms with E-state index in [2.05, 4.69) is 15.5 Å². The highest BCUT2D eigenvalue weighted by Crippen LogP contribution is 2.28. The highest BCUT2D eigenvalue weighted by atomic mass is 16.2. The minimum atomic E-state index is 0.196. The minimum absolute atomic E-state index is 0.196. The molecule has 0 radical (unpaired) electrons. The van der Waals surface area contributed by atoms with E-state index in [1.165, 1.54) is 25.7 Å². The summed E-state index contributed by atoms with van der Waals surface area (Å²) >= 11 is 0. The van der Waals surface area contributed by atoms with Gasteiger partial charge in [-0.05, 0) is 12.3 Å². The zero-order chi connectivity index (χ0) is 11.2. The minimum Gasteiger partial charge on any atom is -0.355 e. The summed E-state index contributed by atoms with van der Waals surface area (Å²) in [5, 5.41) is 6.32. The summed E-state index contributed by atoms with van der Waals surface area (Å²) in [5.74, 6) is 1.08. The second-order valence-electron chi connectivity index (χ2n) is 4.96. The van der Waals surface area contributed by atoms with E-state index in [0.29, 0.717) is 6.54 Å². The first-order valence-corrected chi connectivity index (χ1v) is 6.54. The van der Waals surface area contributed by atoms with E-state index in [4.69, 9.17) is 0 Å². The Morgan fingerprint density at radius 3 is 2.69 bits per heavy atom. The normalized spacial score (nSPS) is 22.8. The van der Waals surface area contributed by atoms with Gasteiger partial charge < -0.3 is 10.6 Å². The molecule has 1 saturated carbocycles. The molecule has 1 amide bonds. The maximum atomic E-state index is 11.6. The number of nitrogens with one attached hydrogen (secondary N) is 2. The highest BCUT2D eigenvalue weighted by Gasteiger charge is 2.17. The quantitative estimate of drug-likeness (QED) is 0.702. The van der Waals surface area contributed by atoms with E-state index in [1.807, 2.05) is 0 Å². The molecule has 1 aliphatic carbocycles. The number of carbonyl (C=O) groups excluding carboxylic acids is 1. The van der Waals surface area contributed by atoms with Gasteiger partial charge in [0.25, 0.3) is 0 Å². The van der Waals surface area contributed by atoms with Gasteiger partial charge in [-0.3, -0.25) is 9.69 Å². The molecule has 1 saturated heterocycles. The Labute approximate surface area is 97.8 Å². The molecule has 2 aliphatic rings. The van der Waals surface area contributed by atoms with Crippen molar-refractivity contribution in [3.63, 3.8) is 0 Å². The molecule has 0 aromatic heterocycles. The molecule has 0 bridgehead atoms. The summed E-state index contributed by atoms with van der Waals surface area (Å²) < 4.78 is 0. The standard InChI is InChI=1S/C12H23N3O/c16-12(10-15-8-6-13-7-9-15)14-5-4-11-2-1-3-11/h11,13H,1-10H2,(H,14,16). The molecule has 0 atom stereocenters. The summed E-state index contributed by atoms with van der Waals surface area (Å²) in [6.45, 7) is 5.46. The van der Waals surface area contributed by atoms with Crippen molar-refractivity contribution in [2.45, 2.75) is 25.7 Å². The molecule has 2 N–H and O–H groups in total.